The maximum Gasteiger partial charge on any atom is 0.148 e. The minimum Gasteiger partial charge on any atom is -0.464 e. The Morgan fingerprint density at radius 2 is 2.22 bits per heavy atom. The fourth-order valence-corrected chi connectivity index (χ4v) is 1.99. The van der Waals surface area contributed by atoms with Crippen molar-refractivity contribution >= 4 is 11.5 Å². The third-order valence-corrected chi connectivity index (χ3v) is 3.04. The number of aromatic nitrogens is 2. The molecule has 1 unspecified atom stereocenters. The van der Waals surface area contributed by atoms with Gasteiger partial charge in [-0.1, -0.05) is 6.92 Å². The van der Waals surface area contributed by atoms with Crippen molar-refractivity contribution in [3.05, 3.63) is 29.3 Å². The summed E-state index contributed by atoms with van der Waals surface area (Å²) in [5.41, 5.74) is 7.71. The van der Waals surface area contributed by atoms with E-state index in [1.807, 2.05) is 40.0 Å². The molecule has 2 rings (SSSR count). The highest BCUT2D eigenvalue weighted by molar-refractivity contribution is 5.65. The third-order valence-electron chi connectivity index (χ3n) is 3.04. The molecule has 2 heterocycles. The van der Waals surface area contributed by atoms with Crippen LogP contribution in [0.1, 0.15) is 37.1 Å². The Morgan fingerprint density at radius 1 is 1.50 bits per heavy atom. The van der Waals surface area contributed by atoms with E-state index in [9.17, 15) is 0 Å². The van der Waals surface area contributed by atoms with Crippen molar-refractivity contribution in [2.45, 2.75) is 33.2 Å². The lowest BCUT2D eigenvalue weighted by atomic mass is 10.2. The molecule has 5 heteroatoms. The SMILES string of the molecule is CCc1nn(C)c(NC(C)c2ccc(C)o2)c1N. The predicted molar refractivity (Wildman–Crippen MR) is 72.5 cm³/mol. The maximum absolute atomic E-state index is 6.07. The smallest absolute Gasteiger partial charge is 0.148 e. The molecule has 0 bridgehead atoms. The van der Waals surface area contributed by atoms with Gasteiger partial charge in [-0.25, -0.2) is 0 Å². The molecular weight excluding hydrogens is 228 g/mol. The minimum absolute atomic E-state index is 0.0566. The standard InChI is InChI=1S/C13H20N4O/c1-5-10-12(14)13(17(4)16-10)15-9(3)11-7-6-8(2)18-11/h6-7,9,15H,5,14H2,1-4H3. The van der Waals surface area contributed by atoms with Crippen LogP contribution in [0.2, 0.25) is 0 Å². The number of rotatable bonds is 4. The molecule has 0 aliphatic carbocycles. The third kappa shape index (κ3) is 2.20. The van der Waals surface area contributed by atoms with Crippen LogP contribution >= 0.6 is 0 Å². The van der Waals surface area contributed by atoms with Gasteiger partial charge in [-0.2, -0.15) is 5.10 Å². The lowest BCUT2D eigenvalue weighted by Gasteiger charge is -2.13. The van der Waals surface area contributed by atoms with Crippen molar-refractivity contribution < 1.29 is 4.42 Å². The summed E-state index contributed by atoms with van der Waals surface area (Å²) in [4.78, 5) is 0. The summed E-state index contributed by atoms with van der Waals surface area (Å²) in [6, 6.07) is 3.99. The van der Waals surface area contributed by atoms with E-state index >= 15 is 0 Å². The Hall–Kier alpha value is -1.91. The molecule has 0 aliphatic heterocycles. The summed E-state index contributed by atoms with van der Waals surface area (Å²) in [5.74, 6) is 2.64. The van der Waals surface area contributed by atoms with Gasteiger partial charge in [-0.05, 0) is 32.4 Å². The second kappa shape index (κ2) is 4.76. The van der Waals surface area contributed by atoms with Gasteiger partial charge in [0.05, 0.1) is 17.4 Å². The Labute approximate surface area is 107 Å². The first kappa shape index (κ1) is 12.5. The second-order valence-electron chi connectivity index (χ2n) is 4.50. The fourth-order valence-electron chi connectivity index (χ4n) is 1.99. The Morgan fingerprint density at radius 3 is 2.72 bits per heavy atom. The van der Waals surface area contributed by atoms with E-state index in [0.717, 1.165) is 35.1 Å². The Balaban J connectivity index is 2.21. The average molecular weight is 248 g/mol. The fraction of sp³-hybridized carbons (Fsp3) is 0.462. The van der Waals surface area contributed by atoms with Gasteiger partial charge in [0.1, 0.15) is 17.3 Å². The molecule has 5 nitrogen and oxygen atoms in total. The van der Waals surface area contributed by atoms with Gasteiger partial charge in [0.25, 0.3) is 0 Å². The molecule has 0 saturated heterocycles. The Kier molecular flexibility index (Phi) is 3.32. The first-order chi connectivity index (χ1) is 8.52. The zero-order chi connectivity index (χ0) is 13.3. The number of hydrogen-bond acceptors (Lipinski definition) is 4. The maximum atomic E-state index is 6.07. The summed E-state index contributed by atoms with van der Waals surface area (Å²) < 4.78 is 7.38. The van der Waals surface area contributed by atoms with Crippen LogP contribution in [0, 0.1) is 6.92 Å². The van der Waals surface area contributed by atoms with Crippen molar-refractivity contribution in [2.24, 2.45) is 7.05 Å². The van der Waals surface area contributed by atoms with Crippen LogP contribution in [0.4, 0.5) is 11.5 Å². The quantitative estimate of drug-likeness (QED) is 0.872. The Bertz CT molecular complexity index is 541. The first-order valence-corrected chi connectivity index (χ1v) is 6.17. The van der Waals surface area contributed by atoms with Crippen LogP contribution in [-0.4, -0.2) is 9.78 Å². The normalized spacial score (nSPS) is 12.7. The summed E-state index contributed by atoms with van der Waals surface area (Å²) in [6.07, 6.45) is 0.829. The van der Waals surface area contributed by atoms with Crippen molar-refractivity contribution in [1.82, 2.24) is 9.78 Å². The van der Waals surface area contributed by atoms with E-state index in [-0.39, 0.29) is 6.04 Å². The molecule has 2 aromatic rings. The second-order valence-corrected chi connectivity index (χ2v) is 4.50. The van der Waals surface area contributed by atoms with E-state index in [0.29, 0.717) is 0 Å². The lowest BCUT2D eigenvalue weighted by Crippen LogP contribution is -2.10. The molecule has 0 fully saturated rings. The van der Waals surface area contributed by atoms with Crippen LogP contribution in [0.5, 0.6) is 0 Å². The summed E-state index contributed by atoms with van der Waals surface area (Å²) in [5, 5.41) is 7.72. The number of furan rings is 1. The molecule has 0 spiro atoms. The molecule has 3 N–H and O–H groups in total. The molecule has 1 atom stereocenters. The number of hydrogen-bond donors (Lipinski definition) is 2. The van der Waals surface area contributed by atoms with E-state index in [4.69, 9.17) is 10.2 Å². The topological polar surface area (TPSA) is 69.0 Å². The zero-order valence-electron chi connectivity index (χ0n) is 11.3. The molecular formula is C13H20N4O. The number of aryl methyl sites for hydroxylation is 3. The molecule has 0 radical (unpaired) electrons. The van der Waals surface area contributed by atoms with Gasteiger partial charge < -0.3 is 15.5 Å². The predicted octanol–water partition coefficient (Wildman–Crippen LogP) is 2.64. The number of nitrogens with zero attached hydrogens (tertiary/aromatic N) is 2. The molecule has 18 heavy (non-hydrogen) atoms. The van der Waals surface area contributed by atoms with Crippen molar-refractivity contribution in [3.8, 4) is 0 Å². The number of nitrogen functional groups attached to an aromatic ring is 1. The molecule has 98 valence electrons. The van der Waals surface area contributed by atoms with Gasteiger partial charge in [0.2, 0.25) is 0 Å². The lowest BCUT2D eigenvalue weighted by molar-refractivity contribution is 0.466. The summed E-state index contributed by atoms with van der Waals surface area (Å²) in [7, 11) is 1.89. The van der Waals surface area contributed by atoms with E-state index in [1.165, 1.54) is 0 Å². The molecule has 2 aromatic heterocycles. The number of nitrogens with one attached hydrogen (secondary N) is 1. The molecule has 0 amide bonds. The van der Waals surface area contributed by atoms with E-state index in [1.54, 1.807) is 4.68 Å². The van der Waals surface area contributed by atoms with Crippen molar-refractivity contribution in [2.75, 3.05) is 11.1 Å². The van der Waals surface area contributed by atoms with Gasteiger partial charge in [0, 0.05) is 7.05 Å². The monoisotopic (exact) mass is 248 g/mol. The van der Waals surface area contributed by atoms with Crippen LogP contribution in [0.3, 0.4) is 0 Å². The van der Waals surface area contributed by atoms with Gasteiger partial charge in [-0.3, -0.25) is 4.68 Å². The zero-order valence-corrected chi connectivity index (χ0v) is 11.3. The molecule has 0 saturated carbocycles. The minimum atomic E-state index is 0.0566. The van der Waals surface area contributed by atoms with Crippen molar-refractivity contribution in [3.63, 3.8) is 0 Å². The number of nitrogens with two attached hydrogens (primary N) is 1. The van der Waals surface area contributed by atoms with Crippen LogP contribution < -0.4 is 11.1 Å². The van der Waals surface area contributed by atoms with Crippen LogP contribution in [0.25, 0.3) is 0 Å². The summed E-state index contributed by atoms with van der Waals surface area (Å²) in [6.45, 7) is 6.02. The average Bonchev–Trinajstić information content (AvgIpc) is 2.87. The van der Waals surface area contributed by atoms with E-state index < -0.39 is 0 Å². The highest BCUT2D eigenvalue weighted by atomic mass is 16.3. The molecule has 0 aromatic carbocycles. The largest absolute Gasteiger partial charge is 0.464 e. The van der Waals surface area contributed by atoms with E-state index in [2.05, 4.69) is 10.4 Å². The van der Waals surface area contributed by atoms with Crippen LogP contribution in [-0.2, 0) is 13.5 Å². The first-order valence-electron chi connectivity index (χ1n) is 6.17. The van der Waals surface area contributed by atoms with Gasteiger partial charge in [-0.15, -0.1) is 0 Å². The van der Waals surface area contributed by atoms with Gasteiger partial charge >= 0.3 is 0 Å². The molecule has 0 aliphatic rings. The van der Waals surface area contributed by atoms with Crippen molar-refractivity contribution in [1.29, 1.82) is 0 Å². The highest BCUT2D eigenvalue weighted by Crippen LogP contribution is 2.27. The highest BCUT2D eigenvalue weighted by Gasteiger charge is 2.16. The van der Waals surface area contributed by atoms with Crippen LogP contribution in [0.15, 0.2) is 16.5 Å². The van der Waals surface area contributed by atoms with Gasteiger partial charge in [0.15, 0.2) is 0 Å². The number of anilines is 2. The summed E-state index contributed by atoms with van der Waals surface area (Å²) >= 11 is 0.